The number of aryl methyl sites for hydroxylation is 1. The van der Waals surface area contributed by atoms with Gasteiger partial charge < -0.3 is 4.42 Å². The summed E-state index contributed by atoms with van der Waals surface area (Å²) in [4.78, 5) is 11.7. The fourth-order valence-electron chi connectivity index (χ4n) is 3.89. The van der Waals surface area contributed by atoms with Crippen molar-refractivity contribution >= 4 is 49.6 Å². The standard InChI is InChI=1S/C21H14O2/c1-2-17-16(11-22)20-14-7-3-5-12-9-10-13-6-4-8-15(21(20)23-17)19(13)18(12)14/h3-11H,2H2,1H3. The molecule has 0 unspecified atom stereocenters. The van der Waals surface area contributed by atoms with Gasteiger partial charge >= 0.3 is 0 Å². The Morgan fingerprint density at radius 1 is 0.870 bits per heavy atom. The van der Waals surface area contributed by atoms with E-state index in [-0.39, 0.29) is 0 Å². The summed E-state index contributed by atoms with van der Waals surface area (Å²) in [6, 6.07) is 16.8. The van der Waals surface area contributed by atoms with Crippen LogP contribution in [0.15, 0.2) is 52.9 Å². The van der Waals surface area contributed by atoms with Gasteiger partial charge in [-0.25, -0.2) is 0 Å². The lowest BCUT2D eigenvalue weighted by molar-refractivity contribution is 0.112. The third-order valence-electron chi connectivity index (χ3n) is 4.86. The molecule has 0 saturated heterocycles. The summed E-state index contributed by atoms with van der Waals surface area (Å²) < 4.78 is 6.12. The Kier molecular flexibility index (Phi) is 2.38. The Bertz CT molecular complexity index is 1210. The predicted molar refractivity (Wildman–Crippen MR) is 94.7 cm³/mol. The number of rotatable bonds is 2. The number of carbonyl (C=O) groups is 1. The van der Waals surface area contributed by atoms with Crippen LogP contribution >= 0.6 is 0 Å². The molecule has 0 N–H and O–H groups in total. The second kappa shape index (κ2) is 4.32. The second-order valence-corrected chi connectivity index (χ2v) is 5.99. The van der Waals surface area contributed by atoms with E-state index in [0.717, 1.165) is 33.8 Å². The lowest BCUT2D eigenvalue weighted by atomic mass is 9.91. The third-order valence-corrected chi connectivity index (χ3v) is 4.86. The molecule has 0 aliphatic carbocycles. The van der Waals surface area contributed by atoms with Gasteiger partial charge in [0.15, 0.2) is 6.29 Å². The number of carbonyl (C=O) groups excluding carboxylic acids is 1. The molecule has 5 aromatic rings. The minimum absolute atomic E-state index is 0.696. The minimum atomic E-state index is 0.696. The smallest absolute Gasteiger partial charge is 0.154 e. The zero-order valence-electron chi connectivity index (χ0n) is 12.7. The summed E-state index contributed by atoms with van der Waals surface area (Å²) in [6.07, 6.45) is 1.65. The molecular weight excluding hydrogens is 284 g/mol. The van der Waals surface area contributed by atoms with Crippen molar-refractivity contribution in [2.24, 2.45) is 0 Å². The zero-order valence-corrected chi connectivity index (χ0v) is 12.7. The first kappa shape index (κ1) is 12.7. The average Bonchev–Trinajstić information content (AvgIpc) is 2.99. The summed E-state index contributed by atoms with van der Waals surface area (Å²) in [5, 5.41) is 7.99. The normalized spacial score (nSPS) is 12.0. The molecule has 0 spiro atoms. The van der Waals surface area contributed by atoms with E-state index < -0.39 is 0 Å². The molecule has 0 fully saturated rings. The minimum Gasteiger partial charge on any atom is -0.460 e. The van der Waals surface area contributed by atoms with Crippen molar-refractivity contribution in [1.29, 1.82) is 0 Å². The Hall–Kier alpha value is -2.87. The van der Waals surface area contributed by atoms with E-state index in [2.05, 4.69) is 48.5 Å². The molecule has 0 aliphatic rings. The van der Waals surface area contributed by atoms with Crippen LogP contribution in [0.3, 0.4) is 0 Å². The van der Waals surface area contributed by atoms with E-state index in [9.17, 15) is 4.79 Å². The summed E-state index contributed by atoms with van der Waals surface area (Å²) >= 11 is 0. The van der Waals surface area contributed by atoms with E-state index in [0.29, 0.717) is 12.0 Å². The summed E-state index contributed by atoms with van der Waals surface area (Å²) in [5.74, 6) is 0.770. The Morgan fingerprint density at radius 3 is 2.17 bits per heavy atom. The van der Waals surface area contributed by atoms with Gasteiger partial charge in [-0.3, -0.25) is 4.79 Å². The van der Waals surface area contributed by atoms with Gasteiger partial charge in [-0.1, -0.05) is 55.5 Å². The monoisotopic (exact) mass is 298 g/mol. The largest absolute Gasteiger partial charge is 0.460 e. The molecule has 0 aliphatic heterocycles. The van der Waals surface area contributed by atoms with Crippen LogP contribution in [0, 0.1) is 0 Å². The van der Waals surface area contributed by atoms with Crippen molar-refractivity contribution in [3.05, 3.63) is 59.9 Å². The number of hydrogen-bond donors (Lipinski definition) is 0. The molecule has 5 rings (SSSR count). The highest BCUT2D eigenvalue weighted by molar-refractivity contribution is 6.34. The van der Waals surface area contributed by atoms with E-state index in [1.807, 2.05) is 6.92 Å². The molecule has 0 atom stereocenters. The topological polar surface area (TPSA) is 30.2 Å². The van der Waals surface area contributed by atoms with Crippen LogP contribution in [0.2, 0.25) is 0 Å². The van der Waals surface area contributed by atoms with Crippen LogP contribution in [0.5, 0.6) is 0 Å². The fourth-order valence-corrected chi connectivity index (χ4v) is 3.89. The van der Waals surface area contributed by atoms with Crippen LogP contribution in [-0.4, -0.2) is 6.29 Å². The fraction of sp³-hybridized carbons (Fsp3) is 0.0952. The number of aldehydes is 1. The quantitative estimate of drug-likeness (QED) is 0.309. The van der Waals surface area contributed by atoms with Crippen molar-refractivity contribution in [2.45, 2.75) is 13.3 Å². The maximum Gasteiger partial charge on any atom is 0.154 e. The molecule has 1 heterocycles. The van der Waals surface area contributed by atoms with Crippen LogP contribution in [-0.2, 0) is 6.42 Å². The first-order chi connectivity index (χ1) is 11.3. The molecule has 0 saturated carbocycles. The first-order valence-corrected chi connectivity index (χ1v) is 7.89. The van der Waals surface area contributed by atoms with Crippen LogP contribution in [0.25, 0.3) is 43.3 Å². The van der Waals surface area contributed by atoms with E-state index >= 15 is 0 Å². The molecule has 0 bridgehead atoms. The average molecular weight is 298 g/mol. The second-order valence-electron chi connectivity index (χ2n) is 5.99. The van der Waals surface area contributed by atoms with Gasteiger partial charge in [-0.15, -0.1) is 0 Å². The summed E-state index contributed by atoms with van der Waals surface area (Å²) in [7, 11) is 0. The van der Waals surface area contributed by atoms with Crippen molar-refractivity contribution in [1.82, 2.24) is 0 Å². The van der Waals surface area contributed by atoms with Gasteiger partial charge in [-0.2, -0.15) is 0 Å². The van der Waals surface area contributed by atoms with E-state index in [1.54, 1.807) is 0 Å². The number of furan rings is 1. The molecule has 23 heavy (non-hydrogen) atoms. The highest BCUT2D eigenvalue weighted by atomic mass is 16.3. The molecule has 0 amide bonds. The Labute approximate surface area is 132 Å². The van der Waals surface area contributed by atoms with Gasteiger partial charge in [0.1, 0.15) is 11.3 Å². The molecule has 110 valence electrons. The van der Waals surface area contributed by atoms with E-state index in [1.165, 1.54) is 21.5 Å². The molecule has 2 heteroatoms. The van der Waals surface area contributed by atoms with Crippen LogP contribution in [0.4, 0.5) is 0 Å². The maximum atomic E-state index is 11.7. The third kappa shape index (κ3) is 1.45. The number of fused-ring (bicyclic) bond motifs is 3. The maximum absolute atomic E-state index is 11.7. The van der Waals surface area contributed by atoms with Crippen molar-refractivity contribution in [2.75, 3.05) is 0 Å². The number of hydrogen-bond acceptors (Lipinski definition) is 2. The van der Waals surface area contributed by atoms with Crippen LogP contribution in [0.1, 0.15) is 23.0 Å². The molecular formula is C21H14O2. The highest BCUT2D eigenvalue weighted by Gasteiger charge is 2.20. The van der Waals surface area contributed by atoms with Gasteiger partial charge in [0.05, 0.1) is 5.56 Å². The summed E-state index contributed by atoms with van der Waals surface area (Å²) in [6.45, 7) is 2.02. The molecule has 4 aromatic carbocycles. The summed E-state index contributed by atoms with van der Waals surface area (Å²) in [5.41, 5.74) is 1.53. The SMILES string of the molecule is CCc1oc2c3cccc4ccc5cccc(c2c1C=O)c5c43. The first-order valence-electron chi connectivity index (χ1n) is 7.89. The predicted octanol–water partition coefficient (Wildman–Crippen LogP) is 5.71. The Morgan fingerprint density at radius 2 is 1.52 bits per heavy atom. The van der Waals surface area contributed by atoms with Crippen LogP contribution < -0.4 is 0 Å². The van der Waals surface area contributed by atoms with Gasteiger partial charge in [0.2, 0.25) is 0 Å². The van der Waals surface area contributed by atoms with E-state index in [4.69, 9.17) is 4.42 Å². The van der Waals surface area contributed by atoms with Gasteiger partial charge in [0, 0.05) is 22.6 Å². The van der Waals surface area contributed by atoms with Gasteiger partial charge in [-0.05, 0) is 21.5 Å². The molecule has 0 radical (unpaired) electrons. The molecule has 2 nitrogen and oxygen atoms in total. The molecule has 1 aromatic heterocycles. The van der Waals surface area contributed by atoms with Crippen molar-refractivity contribution in [3.63, 3.8) is 0 Å². The van der Waals surface area contributed by atoms with Crippen molar-refractivity contribution in [3.8, 4) is 0 Å². The zero-order chi connectivity index (χ0) is 15.6. The highest BCUT2D eigenvalue weighted by Crippen LogP contribution is 2.43. The van der Waals surface area contributed by atoms with Gasteiger partial charge in [0.25, 0.3) is 0 Å². The lowest BCUT2D eigenvalue weighted by Crippen LogP contribution is -1.87. The number of benzene rings is 4. The van der Waals surface area contributed by atoms with Crippen molar-refractivity contribution < 1.29 is 9.21 Å². The Balaban J connectivity index is 2.25. The lowest BCUT2D eigenvalue weighted by Gasteiger charge is -2.11.